The molecule has 0 unspecified atom stereocenters. The van der Waals surface area contributed by atoms with Crippen LogP contribution in [0.2, 0.25) is 0 Å². The van der Waals surface area contributed by atoms with E-state index in [9.17, 15) is 14.0 Å². The fourth-order valence-electron chi connectivity index (χ4n) is 2.53. The third-order valence-electron chi connectivity index (χ3n) is 3.89. The van der Waals surface area contributed by atoms with Crippen LogP contribution in [0.1, 0.15) is 28.8 Å². The summed E-state index contributed by atoms with van der Waals surface area (Å²) in [6.07, 6.45) is 1.56. The molecule has 0 saturated carbocycles. The first kappa shape index (κ1) is 19.9. The lowest BCUT2D eigenvalue weighted by Crippen LogP contribution is -2.43. The number of rotatable bonds is 6. The van der Waals surface area contributed by atoms with Gasteiger partial charge in [-0.15, -0.1) is 11.3 Å². The Morgan fingerprint density at radius 1 is 1.21 bits per heavy atom. The Morgan fingerprint density at radius 3 is 2.68 bits per heavy atom. The second-order valence-corrected chi connectivity index (χ2v) is 7.42. The molecule has 28 heavy (non-hydrogen) atoms. The van der Waals surface area contributed by atoms with Crippen LogP contribution in [0.3, 0.4) is 0 Å². The minimum absolute atomic E-state index is 0.0454. The number of aromatic nitrogens is 3. The summed E-state index contributed by atoms with van der Waals surface area (Å²) in [7, 11) is 0. The first-order valence-electron chi connectivity index (χ1n) is 8.57. The number of H-pyrrole nitrogens is 1. The zero-order valence-corrected chi connectivity index (χ0v) is 16.6. The van der Waals surface area contributed by atoms with Gasteiger partial charge in [-0.2, -0.15) is 5.10 Å². The minimum atomic E-state index is -0.434. The van der Waals surface area contributed by atoms with Crippen molar-refractivity contribution in [2.75, 3.05) is 0 Å². The Hall–Kier alpha value is -2.85. The molecule has 0 spiro atoms. The van der Waals surface area contributed by atoms with E-state index in [1.54, 1.807) is 28.8 Å². The second kappa shape index (κ2) is 8.89. The molecule has 10 heteroatoms. The third kappa shape index (κ3) is 4.70. The summed E-state index contributed by atoms with van der Waals surface area (Å²) in [5, 5.41) is 6.76. The van der Waals surface area contributed by atoms with Crippen molar-refractivity contribution in [2.24, 2.45) is 0 Å². The van der Waals surface area contributed by atoms with Gasteiger partial charge in [0.05, 0.1) is 4.88 Å². The van der Waals surface area contributed by atoms with E-state index >= 15 is 0 Å². The molecule has 0 radical (unpaired) electrons. The van der Waals surface area contributed by atoms with Gasteiger partial charge in [-0.05, 0) is 48.5 Å². The summed E-state index contributed by atoms with van der Waals surface area (Å²) in [5.74, 6) is -0.480. The Kier molecular flexibility index (Phi) is 6.32. The number of thiophene rings is 1. The zero-order valence-electron chi connectivity index (χ0n) is 15.0. The van der Waals surface area contributed by atoms with Gasteiger partial charge in [-0.25, -0.2) is 4.39 Å². The maximum absolute atomic E-state index is 13.0. The van der Waals surface area contributed by atoms with Crippen molar-refractivity contribution < 1.29 is 14.0 Å². The Morgan fingerprint density at radius 2 is 1.96 bits per heavy atom. The fourth-order valence-corrected chi connectivity index (χ4v) is 3.65. The predicted octanol–water partition coefficient (Wildman–Crippen LogP) is 3.22. The molecule has 0 fully saturated rings. The van der Waals surface area contributed by atoms with Crippen molar-refractivity contribution in [1.29, 1.82) is 0 Å². The van der Waals surface area contributed by atoms with E-state index in [1.165, 1.54) is 23.5 Å². The van der Waals surface area contributed by atoms with Gasteiger partial charge >= 0.3 is 0 Å². The summed E-state index contributed by atoms with van der Waals surface area (Å²) < 4.78 is 15.0. The molecule has 3 N–H and O–H groups in total. The summed E-state index contributed by atoms with van der Waals surface area (Å²) in [6.45, 7) is 1.96. The van der Waals surface area contributed by atoms with E-state index < -0.39 is 11.8 Å². The summed E-state index contributed by atoms with van der Waals surface area (Å²) in [6, 6.07) is 9.44. The lowest BCUT2D eigenvalue weighted by molar-refractivity contribution is -0.122. The largest absolute Gasteiger partial charge is 0.295 e. The number of amides is 2. The first-order chi connectivity index (χ1) is 13.5. The van der Waals surface area contributed by atoms with Crippen molar-refractivity contribution >= 4 is 35.4 Å². The van der Waals surface area contributed by atoms with E-state index in [0.717, 1.165) is 16.9 Å². The molecular formula is C18H18FN5O2S2. The number of benzene rings is 1. The van der Waals surface area contributed by atoms with Crippen LogP contribution in [0.15, 0.2) is 36.4 Å². The van der Waals surface area contributed by atoms with Gasteiger partial charge in [0.1, 0.15) is 18.2 Å². The van der Waals surface area contributed by atoms with Crippen LogP contribution in [-0.4, -0.2) is 26.6 Å². The number of carbonyl (C=O) groups is 2. The molecule has 1 aromatic carbocycles. The van der Waals surface area contributed by atoms with Gasteiger partial charge in [0, 0.05) is 11.3 Å². The van der Waals surface area contributed by atoms with Crippen LogP contribution in [0.5, 0.6) is 0 Å². The van der Waals surface area contributed by atoms with E-state index in [2.05, 4.69) is 21.0 Å². The van der Waals surface area contributed by atoms with Crippen LogP contribution >= 0.6 is 23.6 Å². The number of halogens is 1. The van der Waals surface area contributed by atoms with Gasteiger partial charge in [0.15, 0.2) is 4.77 Å². The van der Waals surface area contributed by atoms with Crippen molar-refractivity contribution in [3.05, 3.63) is 57.7 Å². The lowest BCUT2D eigenvalue weighted by atomic mass is 10.2. The molecule has 0 aliphatic rings. The Bertz CT molecular complexity index is 1040. The van der Waals surface area contributed by atoms with Crippen LogP contribution in [0, 0.1) is 10.6 Å². The maximum Gasteiger partial charge on any atom is 0.279 e. The van der Waals surface area contributed by atoms with Gasteiger partial charge in [-0.3, -0.25) is 30.1 Å². The smallest absolute Gasteiger partial charge is 0.279 e. The van der Waals surface area contributed by atoms with E-state index in [1.807, 2.05) is 6.92 Å². The molecular weight excluding hydrogens is 401 g/mol. The molecule has 2 amide bonds. The molecule has 7 nitrogen and oxygen atoms in total. The average Bonchev–Trinajstić information content (AvgIpc) is 3.30. The molecule has 3 rings (SSSR count). The monoisotopic (exact) mass is 419 g/mol. The second-order valence-electron chi connectivity index (χ2n) is 5.95. The van der Waals surface area contributed by atoms with Crippen molar-refractivity contribution in [3.8, 4) is 10.4 Å². The number of aromatic amines is 1. The highest BCUT2D eigenvalue weighted by Crippen LogP contribution is 2.28. The van der Waals surface area contributed by atoms with Gasteiger partial charge in [0.2, 0.25) is 0 Å². The van der Waals surface area contributed by atoms with Gasteiger partial charge in [0.25, 0.3) is 11.8 Å². The highest BCUT2D eigenvalue weighted by molar-refractivity contribution is 7.71. The van der Waals surface area contributed by atoms with E-state index in [4.69, 9.17) is 12.2 Å². The van der Waals surface area contributed by atoms with Crippen molar-refractivity contribution in [1.82, 2.24) is 25.6 Å². The highest BCUT2D eigenvalue weighted by Gasteiger charge is 2.13. The summed E-state index contributed by atoms with van der Waals surface area (Å²) in [5.41, 5.74) is 5.58. The first-order valence-corrected chi connectivity index (χ1v) is 9.79. The molecule has 2 heterocycles. The molecule has 0 bridgehead atoms. The number of carbonyl (C=O) groups excluding carboxylic acids is 2. The van der Waals surface area contributed by atoms with Gasteiger partial charge < -0.3 is 0 Å². The quantitative estimate of drug-likeness (QED) is 0.423. The SMILES string of the molecule is CCCc1n[nH]c(=S)n1CC(=O)NNC(=O)c1ccc(-c2ccc(F)cc2)s1. The predicted molar refractivity (Wildman–Crippen MR) is 107 cm³/mol. The summed E-state index contributed by atoms with van der Waals surface area (Å²) in [4.78, 5) is 25.7. The lowest BCUT2D eigenvalue weighted by Gasteiger charge is -2.08. The number of nitrogens with zero attached hydrogens (tertiary/aromatic N) is 2. The molecule has 146 valence electrons. The number of hydrazine groups is 1. The summed E-state index contributed by atoms with van der Waals surface area (Å²) >= 11 is 6.38. The van der Waals surface area contributed by atoms with Crippen LogP contribution in [-0.2, 0) is 17.8 Å². The number of aryl methyl sites for hydroxylation is 1. The molecule has 3 aromatic rings. The van der Waals surface area contributed by atoms with E-state index in [0.29, 0.717) is 21.9 Å². The van der Waals surface area contributed by atoms with E-state index in [-0.39, 0.29) is 12.4 Å². The normalized spacial score (nSPS) is 10.6. The van der Waals surface area contributed by atoms with Crippen molar-refractivity contribution in [3.63, 3.8) is 0 Å². The molecule has 0 saturated heterocycles. The van der Waals surface area contributed by atoms with Crippen LogP contribution in [0.25, 0.3) is 10.4 Å². The molecule has 2 aromatic heterocycles. The maximum atomic E-state index is 13.0. The topological polar surface area (TPSA) is 91.8 Å². The number of nitrogens with one attached hydrogen (secondary N) is 3. The highest BCUT2D eigenvalue weighted by atomic mass is 32.1. The molecule has 0 aliphatic heterocycles. The van der Waals surface area contributed by atoms with Crippen molar-refractivity contribution in [2.45, 2.75) is 26.3 Å². The molecule has 0 aliphatic carbocycles. The zero-order chi connectivity index (χ0) is 20.1. The van der Waals surface area contributed by atoms with Gasteiger partial charge in [-0.1, -0.05) is 19.1 Å². The number of hydrogen-bond acceptors (Lipinski definition) is 5. The average molecular weight is 420 g/mol. The Balaban J connectivity index is 1.58. The van der Waals surface area contributed by atoms with Crippen LogP contribution < -0.4 is 10.9 Å². The van der Waals surface area contributed by atoms with Crippen LogP contribution in [0.4, 0.5) is 4.39 Å². The standard InChI is InChI=1S/C18H18FN5O2S2/c1-2-3-15-20-23-18(27)24(15)10-16(25)21-22-17(26)14-9-8-13(28-14)11-4-6-12(19)7-5-11/h4-9H,2-3,10H2,1H3,(H,21,25)(H,22,26)(H,23,27). The Labute approximate surface area is 169 Å². The fraction of sp³-hybridized carbons (Fsp3) is 0.222. The molecule has 0 atom stereocenters. The number of hydrogen-bond donors (Lipinski definition) is 3. The third-order valence-corrected chi connectivity index (χ3v) is 5.33. The minimum Gasteiger partial charge on any atom is -0.295 e.